The Balaban J connectivity index is 1.52. The average Bonchev–Trinajstić information content (AvgIpc) is 2.96. The highest BCUT2D eigenvalue weighted by atomic mass is 32.1. The molecule has 0 bridgehead atoms. The van der Waals surface area contributed by atoms with Gasteiger partial charge < -0.3 is 10.3 Å². The van der Waals surface area contributed by atoms with Crippen molar-refractivity contribution in [2.75, 3.05) is 6.54 Å². The van der Waals surface area contributed by atoms with Gasteiger partial charge >= 0.3 is 0 Å². The molecule has 6 nitrogen and oxygen atoms in total. The number of hydrogen-bond acceptors (Lipinski definition) is 5. The predicted octanol–water partition coefficient (Wildman–Crippen LogP) is 2.87. The standard InChI is InChI=1S/C19H20N4O2S/c1-12-13(2)26-18(22-12)4-3-9-21-19(25)15-7-5-14(6-8-15)16-10-20-11-17(24)23-16/h5-8,10-11H,3-4,9H2,1-2H3,(H,21,25)(H,23,24). The first-order valence-electron chi connectivity index (χ1n) is 8.39. The van der Waals surface area contributed by atoms with E-state index in [4.69, 9.17) is 0 Å². The molecule has 0 aliphatic rings. The maximum absolute atomic E-state index is 12.2. The Bertz CT molecular complexity index is 941. The first-order chi connectivity index (χ1) is 12.5. The summed E-state index contributed by atoms with van der Waals surface area (Å²) in [6.07, 6.45) is 4.53. The lowest BCUT2D eigenvalue weighted by Crippen LogP contribution is -2.24. The number of carbonyl (C=O) groups is 1. The van der Waals surface area contributed by atoms with Gasteiger partial charge in [-0.1, -0.05) is 12.1 Å². The Morgan fingerprint density at radius 1 is 1.19 bits per heavy atom. The van der Waals surface area contributed by atoms with Gasteiger partial charge in [-0.25, -0.2) is 4.98 Å². The molecule has 3 rings (SSSR count). The number of aromatic amines is 1. The van der Waals surface area contributed by atoms with Crippen LogP contribution in [0.4, 0.5) is 0 Å². The zero-order chi connectivity index (χ0) is 18.5. The second-order valence-corrected chi connectivity index (χ2v) is 7.28. The Morgan fingerprint density at radius 3 is 2.62 bits per heavy atom. The van der Waals surface area contributed by atoms with Gasteiger partial charge in [0, 0.05) is 23.4 Å². The number of benzene rings is 1. The molecule has 2 aromatic heterocycles. The summed E-state index contributed by atoms with van der Waals surface area (Å²) in [5, 5.41) is 4.04. The van der Waals surface area contributed by atoms with Crippen molar-refractivity contribution in [3.8, 4) is 11.3 Å². The number of aryl methyl sites for hydroxylation is 3. The van der Waals surface area contributed by atoms with Crippen LogP contribution >= 0.6 is 11.3 Å². The first kappa shape index (κ1) is 18.0. The van der Waals surface area contributed by atoms with Crippen LogP contribution in [-0.4, -0.2) is 27.4 Å². The van der Waals surface area contributed by atoms with Crippen LogP contribution in [0.5, 0.6) is 0 Å². The summed E-state index contributed by atoms with van der Waals surface area (Å²) in [7, 11) is 0. The number of nitrogens with one attached hydrogen (secondary N) is 2. The smallest absolute Gasteiger partial charge is 0.266 e. The van der Waals surface area contributed by atoms with Crippen molar-refractivity contribution >= 4 is 17.2 Å². The summed E-state index contributed by atoms with van der Waals surface area (Å²) in [5.41, 5.74) is 2.85. The molecule has 3 aromatic rings. The van der Waals surface area contributed by atoms with E-state index in [2.05, 4.69) is 27.2 Å². The summed E-state index contributed by atoms with van der Waals surface area (Å²) < 4.78 is 0. The van der Waals surface area contributed by atoms with Crippen molar-refractivity contribution in [3.63, 3.8) is 0 Å². The molecule has 0 atom stereocenters. The van der Waals surface area contributed by atoms with Gasteiger partial charge in [-0.2, -0.15) is 0 Å². The molecule has 1 amide bonds. The average molecular weight is 368 g/mol. The number of nitrogens with zero attached hydrogens (tertiary/aromatic N) is 2. The lowest BCUT2D eigenvalue weighted by Gasteiger charge is -2.06. The minimum Gasteiger partial charge on any atom is -0.352 e. The van der Waals surface area contributed by atoms with Gasteiger partial charge in [0.15, 0.2) is 0 Å². The molecule has 0 unspecified atom stereocenters. The predicted molar refractivity (Wildman–Crippen MR) is 103 cm³/mol. The van der Waals surface area contributed by atoms with Crippen molar-refractivity contribution in [1.82, 2.24) is 20.3 Å². The van der Waals surface area contributed by atoms with Crippen molar-refractivity contribution in [1.29, 1.82) is 0 Å². The van der Waals surface area contributed by atoms with Gasteiger partial charge in [-0.05, 0) is 38.0 Å². The quantitative estimate of drug-likeness (QED) is 0.655. The number of aromatic nitrogens is 3. The highest BCUT2D eigenvalue weighted by Crippen LogP contribution is 2.18. The molecule has 0 saturated heterocycles. The van der Waals surface area contributed by atoms with Gasteiger partial charge in [0.25, 0.3) is 11.5 Å². The maximum Gasteiger partial charge on any atom is 0.266 e. The SMILES string of the molecule is Cc1nc(CCCNC(=O)c2ccc(-c3cncc(=O)[nH]3)cc2)sc1C. The molecule has 1 aromatic carbocycles. The monoisotopic (exact) mass is 368 g/mol. The molecule has 0 aliphatic carbocycles. The van der Waals surface area contributed by atoms with Crippen LogP contribution in [0.15, 0.2) is 41.5 Å². The Morgan fingerprint density at radius 2 is 1.96 bits per heavy atom. The van der Waals surface area contributed by atoms with E-state index in [1.54, 1.807) is 41.8 Å². The molecule has 26 heavy (non-hydrogen) atoms. The molecule has 134 valence electrons. The van der Waals surface area contributed by atoms with Crippen molar-refractivity contribution in [2.24, 2.45) is 0 Å². The van der Waals surface area contributed by atoms with Crippen LogP contribution < -0.4 is 10.9 Å². The second-order valence-electron chi connectivity index (χ2n) is 6.00. The zero-order valence-electron chi connectivity index (χ0n) is 14.7. The van der Waals surface area contributed by atoms with Crippen molar-refractivity contribution < 1.29 is 4.79 Å². The van der Waals surface area contributed by atoms with Gasteiger partial charge in [-0.3, -0.25) is 14.6 Å². The summed E-state index contributed by atoms with van der Waals surface area (Å²) in [5.74, 6) is -0.109. The maximum atomic E-state index is 12.2. The van der Waals surface area contributed by atoms with Gasteiger partial charge in [0.2, 0.25) is 0 Å². The highest BCUT2D eigenvalue weighted by molar-refractivity contribution is 7.11. The fraction of sp³-hybridized carbons (Fsp3) is 0.263. The zero-order valence-corrected chi connectivity index (χ0v) is 15.5. The van der Waals surface area contributed by atoms with E-state index in [-0.39, 0.29) is 11.5 Å². The third-order valence-electron chi connectivity index (χ3n) is 4.04. The number of amides is 1. The van der Waals surface area contributed by atoms with Crippen molar-refractivity contribution in [3.05, 3.63) is 68.2 Å². The van der Waals surface area contributed by atoms with Crippen LogP contribution in [-0.2, 0) is 6.42 Å². The number of H-pyrrole nitrogens is 1. The van der Waals surface area contributed by atoms with E-state index in [0.717, 1.165) is 29.1 Å². The minimum atomic E-state index is -0.255. The second kappa shape index (κ2) is 8.05. The fourth-order valence-electron chi connectivity index (χ4n) is 2.51. The number of rotatable bonds is 6. The van der Waals surface area contributed by atoms with Gasteiger partial charge in [0.05, 0.1) is 28.8 Å². The van der Waals surface area contributed by atoms with Crippen molar-refractivity contribution in [2.45, 2.75) is 26.7 Å². The Kier molecular flexibility index (Phi) is 5.58. The lowest BCUT2D eigenvalue weighted by molar-refractivity contribution is 0.0953. The first-order valence-corrected chi connectivity index (χ1v) is 9.20. The molecule has 7 heteroatoms. The minimum absolute atomic E-state index is 0.109. The van der Waals surface area contributed by atoms with E-state index in [1.165, 1.54) is 11.1 Å². The molecule has 0 spiro atoms. The molecular weight excluding hydrogens is 348 g/mol. The van der Waals surface area contributed by atoms with E-state index in [0.29, 0.717) is 17.8 Å². The van der Waals surface area contributed by atoms with E-state index >= 15 is 0 Å². The third-order valence-corrected chi connectivity index (χ3v) is 5.17. The molecule has 0 fully saturated rings. The lowest BCUT2D eigenvalue weighted by atomic mass is 10.1. The van der Waals surface area contributed by atoms with Gasteiger partial charge in [-0.15, -0.1) is 11.3 Å². The largest absolute Gasteiger partial charge is 0.352 e. The Labute approximate surface area is 155 Å². The summed E-state index contributed by atoms with van der Waals surface area (Å²) in [4.78, 5) is 35.9. The highest BCUT2D eigenvalue weighted by Gasteiger charge is 2.07. The molecular formula is C19H20N4O2S. The Hall–Kier alpha value is -2.80. The van der Waals surface area contributed by atoms with Crippen LogP contribution in [0.3, 0.4) is 0 Å². The third kappa shape index (κ3) is 4.43. The normalized spacial score (nSPS) is 10.7. The number of hydrogen-bond donors (Lipinski definition) is 2. The topological polar surface area (TPSA) is 87.7 Å². The van der Waals surface area contributed by atoms with Crippen LogP contribution in [0.2, 0.25) is 0 Å². The molecule has 2 heterocycles. The summed E-state index contributed by atoms with van der Waals surface area (Å²) >= 11 is 1.72. The van der Waals surface area contributed by atoms with Crippen LogP contribution in [0, 0.1) is 13.8 Å². The number of thiazole rings is 1. The summed E-state index contributed by atoms with van der Waals surface area (Å²) in [6, 6.07) is 7.07. The molecule has 2 N–H and O–H groups in total. The van der Waals surface area contributed by atoms with Crippen LogP contribution in [0.25, 0.3) is 11.3 Å². The fourth-order valence-corrected chi connectivity index (χ4v) is 3.49. The van der Waals surface area contributed by atoms with E-state index in [9.17, 15) is 9.59 Å². The summed E-state index contributed by atoms with van der Waals surface area (Å²) in [6.45, 7) is 4.69. The van der Waals surface area contributed by atoms with Crippen LogP contribution in [0.1, 0.15) is 32.4 Å². The number of carbonyl (C=O) groups excluding carboxylic acids is 1. The molecule has 0 saturated carbocycles. The molecule has 0 aliphatic heterocycles. The van der Waals surface area contributed by atoms with E-state index < -0.39 is 0 Å². The van der Waals surface area contributed by atoms with E-state index in [1.807, 2.05) is 6.92 Å². The van der Waals surface area contributed by atoms with Gasteiger partial charge in [0.1, 0.15) is 0 Å². The molecule has 0 radical (unpaired) electrons.